The van der Waals surface area contributed by atoms with E-state index in [2.05, 4.69) is 28.2 Å². The Morgan fingerprint density at radius 2 is 2.33 bits per heavy atom. The average Bonchev–Trinajstić information content (AvgIpc) is 2.86. The van der Waals surface area contributed by atoms with Crippen LogP contribution in [0.3, 0.4) is 0 Å². The maximum absolute atomic E-state index is 12.5. The van der Waals surface area contributed by atoms with Gasteiger partial charge in [-0.25, -0.2) is 8.42 Å². The van der Waals surface area contributed by atoms with Gasteiger partial charge >= 0.3 is 0 Å². The maximum atomic E-state index is 12.5. The van der Waals surface area contributed by atoms with E-state index in [4.69, 9.17) is 0 Å². The monoisotopic (exact) mass is 352 g/mol. The lowest BCUT2D eigenvalue weighted by Gasteiger charge is -2.15. The molecule has 0 radical (unpaired) electrons. The lowest BCUT2D eigenvalue weighted by atomic mass is 10.2. The molecule has 18 heavy (non-hydrogen) atoms. The van der Waals surface area contributed by atoms with E-state index in [0.717, 1.165) is 11.3 Å². The van der Waals surface area contributed by atoms with Gasteiger partial charge < -0.3 is 5.32 Å². The first-order valence-corrected chi connectivity index (χ1v) is 8.93. The average molecular weight is 353 g/mol. The van der Waals surface area contributed by atoms with E-state index in [1.807, 2.05) is 7.05 Å². The molecular weight excluding hydrogens is 336 g/mol. The molecule has 0 saturated carbocycles. The lowest BCUT2D eigenvalue weighted by Crippen LogP contribution is -2.28. The molecule has 102 valence electrons. The van der Waals surface area contributed by atoms with E-state index in [9.17, 15) is 8.42 Å². The van der Waals surface area contributed by atoms with Crippen molar-refractivity contribution in [2.75, 3.05) is 20.1 Å². The number of sulfonamides is 1. The second kappa shape index (κ2) is 5.58. The van der Waals surface area contributed by atoms with Crippen molar-refractivity contribution >= 4 is 37.3 Å². The Labute approximate surface area is 121 Å². The third kappa shape index (κ3) is 2.80. The van der Waals surface area contributed by atoms with Crippen molar-refractivity contribution in [2.24, 2.45) is 5.92 Å². The van der Waals surface area contributed by atoms with Crippen LogP contribution in [0.15, 0.2) is 14.7 Å². The highest BCUT2D eigenvalue weighted by Gasteiger charge is 2.32. The Hall–Kier alpha value is 0.0500. The van der Waals surface area contributed by atoms with Crippen molar-refractivity contribution in [1.29, 1.82) is 0 Å². The number of hydrogen-bond acceptors (Lipinski definition) is 4. The summed E-state index contributed by atoms with van der Waals surface area (Å²) in [6.45, 7) is 4.04. The van der Waals surface area contributed by atoms with E-state index in [0.29, 0.717) is 34.2 Å². The van der Waals surface area contributed by atoms with Gasteiger partial charge in [0.1, 0.15) is 4.90 Å². The van der Waals surface area contributed by atoms with Crippen LogP contribution in [-0.2, 0) is 16.6 Å². The fourth-order valence-electron chi connectivity index (χ4n) is 2.09. The largest absolute Gasteiger partial charge is 0.315 e. The third-order valence-electron chi connectivity index (χ3n) is 3.06. The van der Waals surface area contributed by atoms with Crippen molar-refractivity contribution in [3.05, 3.63) is 14.7 Å². The van der Waals surface area contributed by atoms with Crippen molar-refractivity contribution in [3.8, 4) is 0 Å². The van der Waals surface area contributed by atoms with Crippen LogP contribution < -0.4 is 5.32 Å². The van der Waals surface area contributed by atoms with Crippen LogP contribution in [0.25, 0.3) is 0 Å². The fraction of sp³-hybridized carbons (Fsp3) is 0.636. The highest BCUT2D eigenvalue weighted by Crippen LogP contribution is 2.35. The zero-order valence-corrected chi connectivity index (χ0v) is 13.7. The van der Waals surface area contributed by atoms with Gasteiger partial charge in [0, 0.05) is 24.5 Å². The summed E-state index contributed by atoms with van der Waals surface area (Å²) in [5, 5.41) is 3.03. The van der Waals surface area contributed by atoms with Crippen molar-refractivity contribution in [3.63, 3.8) is 0 Å². The molecule has 1 unspecified atom stereocenters. The van der Waals surface area contributed by atoms with Gasteiger partial charge in [0.15, 0.2) is 0 Å². The van der Waals surface area contributed by atoms with Crippen LogP contribution in [0.4, 0.5) is 0 Å². The molecule has 1 saturated heterocycles. The fourth-order valence-corrected chi connectivity index (χ4v) is 6.31. The van der Waals surface area contributed by atoms with Crippen molar-refractivity contribution in [1.82, 2.24) is 9.62 Å². The molecule has 1 atom stereocenters. The molecule has 1 aromatic rings. The maximum Gasteiger partial charge on any atom is 0.245 e. The van der Waals surface area contributed by atoms with Crippen LogP contribution in [0.2, 0.25) is 0 Å². The Morgan fingerprint density at radius 3 is 2.89 bits per heavy atom. The standard InChI is InChI=1S/C11H17BrN2O2S2/c1-8-3-4-14(7-8)18(15,16)10-5-9(6-13-2)17-11(10)12/h5,8,13H,3-4,6-7H2,1-2H3. The van der Waals surface area contributed by atoms with E-state index in [1.54, 1.807) is 10.4 Å². The van der Waals surface area contributed by atoms with Gasteiger partial charge in [0.25, 0.3) is 0 Å². The first kappa shape index (κ1) is 14.5. The van der Waals surface area contributed by atoms with Gasteiger partial charge in [-0.3, -0.25) is 0 Å². The van der Waals surface area contributed by atoms with Crippen LogP contribution in [0.1, 0.15) is 18.2 Å². The van der Waals surface area contributed by atoms with Gasteiger partial charge in [-0.2, -0.15) is 4.31 Å². The van der Waals surface area contributed by atoms with E-state index in [1.165, 1.54) is 11.3 Å². The Kier molecular flexibility index (Phi) is 4.48. The smallest absolute Gasteiger partial charge is 0.245 e. The Balaban J connectivity index is 2.29. The van der Waals surface area contributed by atoms with E-state index >= 15 is 0 Å². The summed E-state index contributed by atoms with van der Waals surface area (Å²) in [5.41, 5.74) is 0. The second-order valence-corrected chi connectivity index (χ2v) is 9.00. The van der Waals surface area contributed by atoms with Crippen LogP contribution in [0.5, 0.6) is 0 Å². The number of hydrogen-bond donors (Lipinski definition) is 1. The number of nitrogens with one attached hydrogen (secondary N) is 1. The number of thiophene rings is 1. The molecule has 1 N–H and O–H groups in total. The highest BCUT2D eigenvalue weighted by molar-refractivity contribution is 9.11. The van der Waals surface area contributed by atoms with Gasteiger partial charge in [0.05, 0.1) is 3.79 Å². The molecule has 0 bridgehead atoms. The third-order valence-corrected chi connectivity index (χ3v) is 7.18. The summed E-state index contributed by atoms with van der Waals surface area (Å²) in [4.78, 5) is 1.43. The molecule has 0 spiro atoms. The molecule has 0 aromatic carbocycles. The number of halogens is 1. The molecule has 2 rings (SSSR count). The molecule has 1 aromatic heterocycles. The quantitative estimate of drug-likeness (QED) is 0.903. The number of rotatable bonds is 4. The van der Waals surface area contributed by atoms with E-state index < -0.39 is 10.0 Å². The molecule has 1 fully saturated rings. The van der Waals surface area contributed by atoms with Gasteiger partial charge in [0.2, 0.25) is 10.0 Å². The van der Waals surface area contributed by atoms with Gasteiger partial charge in [-0.1, -0.05) is 6.92 Å². The molecule has 1 aliphatic heterocycles. The highest BCUT2D eigenvalue weighted by atomic mass is 79.9. The Bertz CT molecular complexity index is 527. The minimum atomic E-state index is -3.33. The summed E-state index contributed by atoms with van der Waals surface area (Å²) in [6.07, 6.45) is 0.949. The van der Waals surface area contributed by atoms with Crippen LogP contribution in [0, 0.1) is 5.92 Å². The van der Waals surface area contributed by atoms with Crippen molar-refractivity contribution < 1.29 is 8.42 Å². The van der Waals surface area contributed by atoms with Crippen LogP contribution >= 0.6 is 27.3 Å². The minimum absolute atomic E-state index is 0.409. The van der Waals surface area contributed by atoms with Crippen molar-refractivity contribution in [2.45, 2.75) is 24.8 Å². The van der Waals surface area contributed by atoms with E-state index in [-0.39, 0.29) is 0 Å². The summed E-state index contributed by atoms with van der Waals surface area (Å²) >= 11 is 4.84. The summed E-state index contributed by atoms with van der Waals surface area (Å²) in [6, 6.07) is 1.77. The zero-order valence-electron chi connectivity index (χ0n) is 10.4. The lowest BCUT2D eigenvalue weighted by molar-refractivity contribution is 0.464. The predicted octanol–water partition coefficient (Wildman–Crippen LogP) is 2.26. The topological polar surface area (TPSA) is 49.4 Å². The summed E-state index contributed by atoms with van der Waals surface area (Å²) in [5.74, 6) is 0.453. The van der Waals surface area contributed by atoms with Gasteiger partial charge in [-0.15, -0.1) is 11.3 Å². The summed E-state index contributed by atoms with van der Waals surface area (Å²) in [7, 11) is -1.48. The molecular formula is C11H17BrN2O2S2. The molecule has 7 heteroatoms. The van der Waals surface area contributed by atoms with Gasteiger partial charge in [-0.05, 0) is 41.4 Å². The predicted molar refractivity (Wildman–Crippen MR) is 77.3 cm³/mol. The van der Waals surface area contributed by atoms with Crippen LogP contribution in [-0.4, -0.2) is 32.9 Å². The summed E-state index contributed by atoms with van der Waals surface area (Å²) < 4.78 is 27.3. The first-order valence-electron chi connectivity index (χ1n) is 5.88. The molecule has 0 amide bonds. The SMILES string of the molecule is CNCc1cc(S(=O)(=O)N2CCC(C)C2)c(Br)s1. The zero-order chi connectivity index (χ0) is 13.3. The molecule has 0 aliphatic carbocycles. The molecule has 4 nitrogen and oxygen atoms in total. The normalized spacial score (nSPS) is 21.6. The Morgan fingerprint density at radius 1 is 1.61 bits per heavy atom. The number of nitrogens with zero attached hydrogens (tertiary/aromatic N) is 1. The molecule has 1 aliphatic rings. The minimum Gasteiger partial charge on any atom is -0.315 e. The second-order valence-electron chi connectivity index (χ2n) is 4.64. The molecule has 2 heterocycles. The first-order chi connectivity index (χ1) is 8.45.